The van der Waals surface area contributed by atoms with E-state index in [9.17, 15) is 0 Å². The molecule has 0 fully saturated rings. The van der Waals surface area contributed by atoms with Gasteiger partial charge in [-0.25, -0.2) is 4.57 Å². The third-order valence-corrected chi connectivity index (χ3v) is 5.94. The average molecular weight is 270 g/mol. The molecular weight excluding hydrogens is 246 g/mol. The Hall–Kier alpha value is -1.41. The van der Waals surface area contributed by atoms with Gasteiger partial charge >= 0.3 is 0 Å². The molecule has 100 valence electrons. The number of nitrogens with zero attached hydrogens (tertiary/aromatic N) is 1. The lowest BCUT2D eigenvalue weighted by atomic mass is 10.0. The fraction of sp³-hybridized carbons (Fsp3) is 0.353. The fourth-order valence-electron chi connectivity index (χ4n) is 2.33. The predicted molar refractivity (Wildman–Crippen MR) is 85.5 cm³/mol. The highest BCUT2D eigenvalue weighted by Crippen LogP contribution is 2.22. The standard InChI is InChI=1S/C17H24NSi/c1-13-8-7-9-16(14(13)2)17-12-15(19(4,5)6)10-11-18(17)3/h7-12H,1-6H3/q+1. The van der Waals surface area contributed by atoms with Crippen molar-refractivity contribution in [1.29, 1.82) is 0 Å². The highest BCUT2D eigenvalue weighted by Gasteiger charge is 2.21. The van der Waals surface area contributed by atoms with Crippen molar-refractivity contribution in [1.82, 2.24) is 0 Å². The molecule has 0 aliphatic rings. The number of aromatic nitrogens is 1. The molecule has 0 aliphatic heterocycles. The molecule has 1 heterocycles. The molecule has 0 atom stereocenters. The van der Waals surface area contributed by atoms with E-state index in [4.69, 9.17) is 0 Å². The maximum atomic E-state index is 2.40. The number of aryl methyl sites for hydroxylation is 2. The third-order valence-electron chi connectivity index (χ3n) is 3.90. The maximum Gasteiger partial charge on any atom is 0.212 e. The molecule has 0 spiro atoms. The molecule has 1 aromatic carbocycles. The first-order valence-electron chi connectivity index (χ1n) is 6.87. The first kappa shape index (κ1) is 14.0. The van der Waals surface area contributed by atoms with Crippen molar-refractivity contribution in [3.8, 4) is 11.3 Å². The van der Waals surface area contributed by atoms with Crippen LogP contribution in [0.5, 0.6) is 0 Å². The van der Waals surface area contributed by atoms with Crippen LogP contribution in [0.1, 0.15) is 11.1 Å². The second-order valence-electron chi connectivity index (χ2n) is 6.41. The largest absolute Gasteiger partial charge is 0.212 e. The van der Waals surface area contributed by atoms with Gasteiger partial charge in [0.15, 0.2) is 6.20 Å². The van der Waals surface area contributed by atoms with Crippen molar-refractivity contribution >= 4 is 13.3 Å². The van der Waals surface area contributed by atoms with Crippen molar-refractivity contribution in [2.75, 3.05) is 0 Å². The zero-order chi connectivity index (χ0) is 14.2. The minimum atomic E-state index is -1.26. The van der Waals surface area contributed by atoms with Crippen molar-refractivity contribution in [2.45, 2.75) is 33.5 Å². The summed E-state index contributed by atoms with van der Waals surface area (Å²) in [6.07, 6.45) is 2.20. The molecule has 1 nitrogen and oxygen atoms in total. The molecule has 0 aliphatic carbocycles. The number of hydrogen-bond acceptors (Lipinski definition) is 0. The Balaban J connectivity index is 2.65. The summed E-state index contributed by atoms with van der Waals surface area (Å²) >= 11 is 0. The van der Waals surface area contributed by atoms with Crippen LogP contribution in [0, 0.1) is 13.8 Å². The van der Waals surface area contributed by atoms with Gasteiger partial charge in [-0.3, -0.25) is 0 Å². The number of benzene rings is 1. The first-order valence-corrected chi connectivity index (χ1v) is 10.4. The molecule has 0 N–H and O–H groups in total. The monoisotopic (exact) mass is 270 g/mol. The molecule has 19 heavy (non-hydrogen) atoms. The van der Waals surface area contributed by atoms with Crippen molar-refractivity contribution in [3.05, 3.63) is 47.7 Å². The van der Waals surface area contributed by atoms with Crippen LogP contribution < -0.4 is 9.75 Å². The van der Waals surface area contributed by atoms with Gasteiger partial charge in [0, 0.05) is 17.7 Å². The summed E-state index contributed by atoms with van der Waals surface area (Å²) in [5.74, 6) is 0. The molecule has 0 saturated carbocycles. The molecule has 0 bridgehead atoms. The van der Waals surface area contributed by atoms with Crippen LogP contribution in [0.3, 0.4) is 0 Å². The smallest absolute Gasteiger partial charge is 0.201 e. The van der Waals surface area contributed by atoms with Crippen LogP contribution >= 0.6 is 0 Å². The van der Waals surface area contributed by atoms with E-state index in [1.165, 1.54) is 27.6 Å². The van der Waals surface area contributed by atoms with E-state index in [2.05, 4.69) is 81.6 Å². The Morgan fingerprint density at radius 3 is 2.32 bits per heavy atom. The van der Waals surface area contributed by atoms with E-state index < -0.39 is 8.07 Å². The van der Waals surface area contributed by atoms with E-state index in [0.717, 1.165) is 0 Å². The average Bonchev–Trinajstić information content (AvgIpc) is 2.32. The summed E-state index contributed by atoms with van der Waals surface area (Å²) < 4.78 is 2.23. The van der Waals surface area contributed by atoms with Crippen LogP contribution in [0.15, 0.2) is 36.5 Å². The van der Waals surface area contributed by atoms with Crippen LogP contribution in [0.4, 0.5) is 0 Å². The zero-order valence-corrected chi connectivity index (χ0v) is 13.9. The Morgan fingerprint density at radius 1 is 1.00 bits per heavy atom. The van der Waals surface area contributed by atoms with Gasteiger partial charge in [-0.2, -0.15) is 0 Å². The molecule has 0 unspecified atom stereocenters. The van der Waals surface area contributed by atoms with Gasteiger partial charge in [-0.05, 0) is 36.2 Å². The Morgan fingerprint density at radius 2 is 1.68 bits per heavy atom. The summed E-state index contributed by atoms with van der Waals surface area (Å²) in [5, 5.41) is 1.52. The summed E-state index contributed by atoms with van der Waals surface area (Å²) in [6, 6.07) is 11.2. The van der Waals surface area contributed by atoms with Crippen LogP contribution in [0.2, 0.25) is 19.6 Å². The second kappa shape index (κ2) is 4.93. The number of rotatable bonds is 2. The Bertz CT molecular complexity index is 609. The van der Waals surface area contributed by atoms with Crippen molar-refractivity contribution in [3.63, 3.8) is 0 Å². The van der Waals surface area contributed by atoms with E-state index in [1.54, 1.807) is 0 Å². The highest BCUT2D eigenvalue weighted by molar-refractivity contribution is 6.88. The topological polar surface area (TPSA) is 3.88 Å². The molecule has 2 aromatic rings. The lowest BCUT2D eigenvalue weighted by Crippen LogP contribution is -2.42. The van der Waals surface area contributed by atoms with Crippen LogP contribution in [-0.2, 0) is 7.05 Å². The number of pyridine rings is 1. The molecule has 1 aromatic heterocycles. The third kappa shape index (κ3) is 2.79. The molecule has 0 radical (unpaired) electrons. The number of hydrogen-bond donors (Lipinski definition) is 0. The molecule has 2 rings (SSSR count). The minimum absolute atomic E-state index is 1.26. The van der Waals surface area contributed by atoms with Gasteiger partial charge in [0.1, 0.15) is 7.05 Å². The quantitative estimate of drug-likeness (QED) is 0.582. The van der Waals surface area contributed by atoms with E-state index >= 15 is 0 Å². The van der Waals surface area contributed by atoms with Gasteiger partial charge in [0.25, 0.3) is 0 Å². The normalized spacial score (nSPS) is 11.7. The minimum Gasteiger partial charge on any atom is -0.201 e. The van der Waals surface area contributed by atoms with Gasteiger partial charge in [0.2, 0.25) is 5.69 Å². The van der Waals surface area contributed by atoms with Crippen LogP contribution in [0.25, 0.3) is 11.3 Å². The highest BCUT2D eigenvalue weighted by atomic mass is 28.3. The van der Waals surface area contributed by atoms with Gasteiger partial charge in [-0.15, -0.1) is 0 Å². The predicted octanol–water partition coefficient (Wildman–Crippen LogP) is 3.34. The van der Waals surface area contributed by atoms with Crippen molar-refractivity contribution < 1.29 is 4.57 Å². The first-order chi connectivity index (χ1) is 8.80. The maximum absolute atomic E-state index is 2.40. The molecule has 0 saturated heterocycles. The lowest BCUT2D eigenvalue weighted by molar-refractivity contribution is -0.660. The lowest BCUT2D eigenvalue weighted by Gasteiger charge is -2.17. The Labute approximate surface area is 117 Å². The molecular formula is C17H24NSi+. The van der Waals surface area contributed by atoms with E-state index in [1.807, 2.05) is 0 Å². The Kier molecular flexibility index (Phi) is 3.63. The zero-order valence-electron chi connectivity index (χ0n) is 12.9. The summed E-state index contributed by atoms with van der Waals surface area (Å²) in [6.45, 7) is 11.6. The van der Waals surface area contributed by atoms with Gasteiger partial charge in [-0.1, -0.05) is 31.8 Å². The SMILES string of the molecule is Cc1cccc(-c2cc([Si](C)(C)C)cc[n+]2C)c1C. The summed E-state index contributed by atoms with van der Waals surface area (Å²) in [7, 11) is 0.865. The van der Waals surface area contributed by atoms with E-state index in [-0.39, 0.29) is 0 Å². The summed E-state index contributed by atoms with van der Waals surface area (Å²) in [4.78, 5) is 0. The van der Waals surface area contributed by atoms with Crippen LogP contribution in [-0.4, -0.2) is 8.07 Å². The fourth-order valence-corrected chi connectivity index (χ4v) is 3.48. The molecule has 2 heteroatoms. The van der Waals surface area contributed by atoms with E-state index in [0.29, 0.717) is 0 Å². The summed E-state index contributed by atoms with van der Waals surface area (Å²) in [5.41, 5.74) is 5.41. The second-order valence-corrected chi connectivity index (χ2v) is 11.5. The van der Waals surface area contributed by atoms with Crippen molar-refractivity contribution in [2.24, 2.45) is 7.05 Å². The molecule has 0 amide bonds. The van der Waals surface area contributed by atoms with Gasteiger partial charge in [0.05, 0.1) is 8.07 Å². The van der Waals surface area contributed by atoms with Gasteiger partial charge < -0.3 is 0 Å².